The first-order chi connectivity index (χ1) is 8.70. The quantitative estimate of drug-likeness (QED) is 0.759. The molecule has 2 heterocycles. The molecule has 1 saturated heterocycles. The van der Waals surface area contributed by atoms with Crippen molar-refractivity contribution in [1.29, 1.82) is 0 Å². The molecule has 0 spiro atoms. The minimum atomic E-state index is -0.215. The van der Waals surface area contributed by atoms with Crippen LogP contribution in [0.15, 0.2) is 4.42 Å². The van der Waals surface area contributed by atoms with Gasteiger partial charge in [-0.3, -0.25) is 4.79 Å². The van der Waals surface area contributed by atoms with Crippen LogP contribution < -0.4 is 16.0 Å². The van der Waals surface area contributed by atoms with E-state index >= 15 is 0 Å². The molecule has 18 heavy (non-hydrogen) atoms. The Labute approximate surface area is 106 Å². The highest BCUT2D eigenvalue weighted by Gasteiger charge is 2.25. The Bertz CT molecular complexity index is 398. The van der Waals surface area contributed by atoms with Gasteiger partial charge in [0.15, 0.2) is 0 Å². The fraction of sp³-hybridized carbons (Fsp3) is 0.727. The van der Waals surface area contributed by atoms with Crippen LogP contribution in [0, 0.1) is 5.92 Å². The zero-order valence-electron chi connectivity index (χ0n) is 10.6. The van der Waals surface area contributed by atoms with Gasteiger partial charge in [0.25, 0.3) is 0 Å². The number of carbonyl (C=O) groups is 1. The van der Waals surface area contributed by atoms with E-state index in [0.717, 1.165) is 32.5 Å². The van der Waals surface area contributed by atoms with Gasteiger partial charge in [0.05, 0.1) is 6.54 Å². The van der Waals surface area contributed by atoms with Crippen molar-refractivity contribution in [2.45, 2.75) is 26.3 Å². The molecule has 100 valence electrons. The van der Waals surface area contributed by atoms with E-state index in [4.69, 9.17) is 10.2 Å². The lowest BCUT2D eigenvalue weighted by atomic mass is 9.97. The van der Waals surface area contributed by atoms with Crippen LogP contribution in [0.25, 0.3) is 0 Å². The molecule has 1 amide bonds. The number of nitrogens with one attached hydrogen (secondary N) is 1. The van der Waals surface area contributed by atoms with Crippen molar-refractivity contribution in [2.75, 3.05) is 24.5 Å². The zero-order chi connectivity index (χ0) is 13.0. The Morgan fingerprint density at radius 2 is 2.22 bits per heavy atom. The van der Waals surface area contributed by atoms with E-state index in [1.807, 2.05) is 11.8 Å². The summed E-state index contributed by atoms with van der Waals surface area (Å²) in [4.78, 5) is 13.1. The topological polar surface area (TPSA) is 97.3 Å². The number of nitrogens with zero attached hydrogens (tertiary/aromatic N) is 3. The summed E-state index contributed by atoms with van der Waals surface area (Å²) in [6.07, 6.45) is 1.50. The molecule has 0 aromatic carbocycles. The second kappa shape index (κ2) is 5.81. The molecule has 0 saturated carbocycles. The molecular weight excluding hydrogens is 234 g/mol. The van der Waals surface area contributed by atoms with Gasteiger partial charge >= 0.3 is 6.01 Å². The molecule has 7 nitrogen and oxygen atoms in total. The summed E-state index contributed by atoms with van der Waals surface area (Å²) >= 11 is 0. The van der Waals surface area contributed by atoms with E-state index in [1.165, 1.54) is 0 Å². The predicted octanol–water partition coefficient (Wildman–Crippen LogP) is -0.119. The molecule has 3 N–H and O–H groups in total. The lowest BCUT2D eigenvalue weighted by molar-refractivity contribution is -0.122. The van der Waals surface area contributed by atoms with Crippen LogP contribution in [-0.2, 0) is 11.3 Å². The highest BCUT2D eigenvalue weighted by molar-refractivity contribution is 5.76. The molecular formula is C11H19N5O2. The van der Waals surface area contributed by atoms with E-state index in [0.29, 0.717) is 18.5 Å². The monoisotopic (exact) mass is 253 g/mol. The van der Waals surface area contributed by atoms with Crippen LogP contribution in [0.3, 0.4) is 0 Å². The van der Waals surface area contributed by atoms with E-state index in [1.54, 1.807) is 0 Å². The van der Waals surface area contributed by atoms with Gasteiger partial charge in [-0.25, -0.2) is 0 Å². The normalized spacial score (nSPS) is 17.1. The second-order valence-electron chi connectivity index (χ2n) is 4.42. The lowest BCUT2D eigenvalue weighted by Crippen LogP contribution is -2.38. The molecule has 0 aliphatic carbocycles. The fourth-order valence-electron chi connectivity index (χ4n) is 2.03. The third-order valence-corrected chi connectivity index (χ3v) is 3.15. The van der Waals surface area contributed by atoms with Crippen molar-refractivity contribution in [1.82, 2.24) is 15.5 Å². The van der Waals surface area contributed by atoms with Crippen molar-refractivity contribution >= 4 is 11.9 Å². The highest BCUT2D eigenvalue weighted by Crippen LogP contribution is 2.21. The van der Waals surface area contributed by atoms with Crippen molar-refractivity contribution in [3.8, 4) is 0 Å². The third kappa shape index (κ3) is 2.98. The van der Waals surface area contributed by atoms with Gasteiger partial charge in [0.1, 0.15) is 0 Å². The first-order valence-electron chi connectivity index (χ1n) is 6.28. The number of rotatable bonds is 5. The Morgan fingerprint density at radius 3 is 2.83 bits per heavy atom. The molecule has 1 aromatic rings. The third-order valence-electron chi connectivity index (χ3n) is 3.15. The Morgan fingerprint density at radius 1 is 1.50 bits per heavy atom. The Kier molecular flexibility index (Phi) is 4.14. The smallest absolute Gasteiger partial charge is 0.318 e. The molecule has 0 bridgehead atoms. The number of amides is 1. The summed E-state index contributed by atoms with van der Waals surface area (Å²) in [6, 6.07) is 0.533. The molecule has 1 aromatic heterocycles. The molecule has 2 rings (SSSR count). The molecule has 0 radical (unpaired) electrons. The predicted molar refractivity (Wildman–Crippen MR) is 65.8 cm³/mol. The first kappa shape index (κ1) is 12.8. The van der Waals surface area contributed by atoms with Gasteiger partial charge < -0.3 is 20.4 Å². The lowest BCUT2D eigenvalue weighted by Gasteiger charge is -2.28. The van der Waals surface area contributed by atoms with E-state index in [9.17, 15) is 4.79 Å². The number of piperidine rings is 1. The molecule has 7 heteroatoms. The fourth-order valence-corrected chi connectivity index (χ4v) is 2.03. The molecule has 0 atom stereocenters. The van der Waals surface area contributed by atoms with Crippen molar-refractivity contribution < 1.29 is 9.21 Å². The van der Waals surface area contributed by atoms with Gasteiger partial charge in [-0.05, 0) is 19.4 Å². The summed E-state index contributed by atoms with van der Waals surface area (Å²) in [6.45, 7) is 4.93. The van der Waals surface area contributed by atoms with Crippen LogP contribution in [0.2, 0.25) is 0 Å². The molecule has 1 fully saturated rings. The number of aromatic nitrogens is 2. The number of nitrogens with two attached hydrogens (primary N) is 1. The molecule has 0 unspecified atom stereocenters. The van der Waals surface area contributed by atoms with Crippen LogP contribution in [0.5, 0.6) is 0 Å². The van der Waals surface area contributed by atoms with Gasteiger partial charge in [0.2, 0.25) is 11.8 Å². The summed E-state index contributed by atoms with van der Waals surface area (Å²) in [7, 11) is 0. The van der Waals surface area contributed by atoms with Crippen molar-refractivity contribution in [3.05, 3.63) is 5.89 Å². The first-order valence-corrected chi connectivity index (χ1v) is 6.28. The van der Waals surface area contributed by atoms with Crippen LogP contribution >= 0.6 is 0 Å². The van der Waals surface area contributed by atoms with Crippen molar-refractivity contribution in [2.24, 2.45) is 11.7 Å². The molecule has 1 aliphatic heterocycles. The summed E-state index contributed by atoms with van der Waals surface area (Å²) in [5.41, 5.74) is 5.29. The summed E-state index contributed by atoms with van der Waals surface area (Å²) < 4.78 is 5.55. The number of hydrogen-bond acceptors (Lipinski definition) is 6. The van der Waals surface area contributed by atoms with Crippen LogP contribution in [0.1, 0.15) is 25.7 Å². The van der Waals surface area contributed by atoms with Gasteiger partial charge in [0, 0.05) is 19.0 Å². The van der Waals surface area contributed by atoms with Gasteiger partial charge in [-0.2, -0.15) is 0 Å². The Balaban J connectivity index is 1.89. The maximum atomic E-state index is 11.1. The maximum Gasteiger partial charge on any atom is 0.318 e. The van der Waals surface area contributed by atoms with E-state index in [2.05, 4.69) is 15.5 Å². The number of carbonyl (C=O) groups excluding carboxylic acids is 1. The average molecular weight is 253 g/mol. The minimum Gasteiger partial charge on any atom is -0.407 e. The second-order valence-corrected chi connectivity index (χ2v) is 4.42. The van der Waals surface area contributed by atoms with E-state index < -0.39 is 0 Å². The van der Waals surface area contributed by atoms with Crippen molar-refractivity contribution in [3.63, 3.8) is 0 Å². The maximum absolute atomic E-state index is 11.1. The van der Waals surface area contributed by atoms with Gasteiger partial charge in [-0.15, -0.1) is 5.10 Å². The number of hydrogen-bond donors (Lipinski definition) is 2. The highest BCUT2D eigenvalue weighted by atomic mass is 16.4. The van der Waals surface area contributed by atoms with Crippen LogP contribution in [0.4, 0.5) is 6.01 Å². The summed E-state index contributed by atoms with van der Waals surface area (Å²) in [5, 5.41) is 11.1. The number of primary amides is 1. The van der Waals surface area contributed by atoms with Gasteiger partial charge in [-0.1, -0.05) is 12.0 Å². The largest absolute Gasteiger partial charge is 0.407 e. The Hall–Kier alpha value is -1.63. The minimum absolute atomic E-state index is 0.0228. The summed E-state index contributed by atoms with van der Waals surface area (Å²) in [5.74, 6) is 0.349. The molecule has 1 aliphatic rings. The average Bonchev–Trinajstić information content (AvgIpc) is 2.85. The van der Waals surface area contributed by atoms with E-state index in [-0.39, 0.29) is 11.8 Å². The van der Waals surface area contributed by atoms with Crippen LogP contribution in [-0.4, -0.2) is 35.7 Å². The zero-order valence-corrected chi connectivity index (χ0v) is 10.6. The standard InChI is InChI=1S/C11H19N5O2/c1-2-13-7-9-14-15-11(18-9)16-5-3-8(4-6-16)10(12)17/h8,13H,2-7H2,1H3,(H2,12,17). The SMILES string of the molecule is CCNCc1nnc(N2CCC(C(N)=O)CC2)o1. The number of anilines is 1.